The third kappa shape index (κ3) is 6.09. The summed E-state index contributed by atoms with van der Waals surface area (Å²) in [4.78, 5) is 11.9. The van der Waals surface area contributed by atoms with Crippen LogP contribution in [0.5, 0.6) is 0 Å². The molecular weight excluding hydrogens is 416 g/mol. The SMILES string of the molecule is CN(C)c1nc(N[C@H]2CC[C@@H](NC(=S)NCCc3ccccc3)CC2)nc2c1CCCC2. The highest BCUT2D eigenvalue weighted by Crippen LogP contribution is 2.29. The first-order chi connectivity index (χ1) is 15.6. The fourth-order valence-electron chi connectivity index (χ4n) is 4.77. The number of nitrogens with one attached hydrogen (secondary N) is 3. The quantitative estimate of drug-likeness (QED) is 0.552. The highest BCUT2D eigenvalue weighted by molar-refractivity contribution is 7.80. The molecule has 172 valence electrons. The third-order valence-corrected chi connectivity index (χ3v) is 6.78. The molecule has 4 rings (SSSR count). The minimum absolute atomic E-state index is 0.421. The molecule has 0 spiro atoms. The summed E-state index contributed by atoms with van der Waals surface area (Å²) < 4.78 is 0. The highest BCUT2D eigenvalue weighted by Gasteiger charge is 2.24. The van der Waals surface area contributed by atoms with Gasteiger partial charge in [-0.3, -0.25) is 0 Å². The molecule has 2 aliphatic rings. The number of nitrogens with zero attached hydrogens (tertiary/aromatic N) is 3. The molecule has 0 saturated heterocycles. The maximum absolute atomic E-state index is 5.52. The minimum atomic E-state index is 0.421. The van der Waals surface area contributed by atoms with Crippen molar-refractivity contribution in [2.75, 3.05) is 30.9 Å². The van der Waals surface area contributed by atoms with Crippen molar-refractivity contribution in [3.8, 4) is 0 Å². The summed E-state index contributed by atoms with van der Waals surface area (Å²) in [6, 6.07) is 11.4. The zero-order chi connectivity index (χ0) is 22.3. The van der Waals surface area contributed by atoms with Gasteiger partial charge >= 0.3 is 0 Å². The number of fused-ring (bicyclic) bond motifs is 1. The van der Waals surface area contributed by atoms with Crippen molar-refractivity contribution < 1.29 is 0 Å². The van der Waals surface area contributed by atoms with E-state index in [1.54, 1.807) is 0 Å². The molecule has 32 heavy (non-hydrogen) atoms. The van der Waals surface area contributed by atoms with Gasteiger partial charge in [-0.15, -0.1) is 0 Å². The van der Waals surface area contributed by atoms with Crippen LogP contribution in [-0.4, -0.2) is 47.8 Å². The van der Waals surface area contributed by atoms with Gasteiger partial charge in [0.2, 0.25) is 5.95 Å². The Morgan fingerprint density at radius 2 is 1.72 bits per heavy atom. The molecule has 3 N–H and O–H groups in total. The number of thiocarbonyl (C=S) groups is 1. The van der Waals surface area contributed by atoms with E-state index in [-0.39, 0.29) is 0 Å². The lowest BCUT2D eigenvalue weighted by Crippen LogP contribution is -2.45. The molecule has 1 fully saturated rings. The Bertz CT molecular complexity index is 893. The van der Waals surface area contributed by atoms with E-state index in [1.807, 2.05) is 6.07 Å². The first-order valence-corrected chi connectivity index (χ1v) is 12.4. The zero-order valence-corrected chi connectivity index (χ0v) is 20.2. The van der Waals surface area contributed by atoms with Crippen molar-refractivity contribution in [3.05, 3.63) is 47.2 Å². The monoisotopic (exact) mass is 452 g/mol. The number of anilines is 2. The number of hydrogen-bond acceptors (Lipinski definition) is 5. The molecule has 6 nitrogen and oxygen atoms in total. The average molecular weight is 453 g/mol. The molecule has 1 heterocycles. The highest BCUT2D eigenvalue weighted by atomic mass is 32.1. The second-order valence-corrected chi connectivity index (χ2v) is 9.63. The lowest BCUT2D eigenvalue weighted by Gasteiger charge is -2.31. The second kappa shape index (κ2) is 10.9. The van der Waals surface area contributed by atoms with Gasteiger partial charge in [-0.2, -0.15) is 4.98 Å². The van der Waals surface area contributed by atoms with E-state index in [4.69, 9.17) is 22.2 Å². The van der Waals surface area contributed by atoms with E-state index < -0.39 is 0 Å². The van der Waals surface area contributed by atoms with Crippen molar-refractivity contribution in [1.29, 1.82) is 0 Å². The molecule has 0 amide bonds. The van der Waals surface area contributed by atoms with Crippen LogP contribution in [0.3, 0.4) is 0 Å². The van der Waals surface area contributed by atoms with Gasteiger partial charge < -0.3 is 20.9 Å². The maximum Gasteiger partial charge on any atom is 0.225 e. The van der Waals surface area contributed by atoms with E-state index in [2.05, 4.69) is 59.2 Å². The Hall–Kier alpha value is -2.41. The topological polar surface area (TPSA) is 65.1 Å². The Labute approximate surface area is 197 Å². The predicted molar refractivity (Wildman–Crippen MR) is 137 cm³/mol. The summed E-state index contributed by atoms with van der Waals surface area (Å²) in [5, 5.41) is 11.3. The molecule has 0 bridgehead atoms. The standard InChI is InChI=1S/C25H36N6S/c1-31(2)23-21-10-6-7-11-22(21)29-24(30-23)27-19-12-14-20(15-13-19)28-25(32)26-17-16-18-8-4-3-5-9-18/h3-5,8-9,19-20H,6-7,10-17H2,1-2H3,(H2,26,28,32)(H,27,29,30)/t19-,20+. The summed E-state index contributed by atoms with van der Waals surface area (Å²) in [5.41, 5.74) is 3.91. The van der Waals surface area contributed by atoms with Crippen molar-refractivity contribution in [2.45, 2.75) is 69.9 Å². The van der Waals surface area contributed by atoms with Crippen molar-refractivity contribution in [1.82, 2.24) is 20.6 Å². The maximum atomic E-state index is 5.52. The van der Waals surface area contributed by atoms with Crippen molar-refractivity contribution in [3.63, 3.8) is 0 Å². The molecule has 0 atom stereocenters. The molecule has 1 aromatic carbocycles. The Kier molecular flexibility index (Phi) is 7.79. The predicted octanol–water partition coefficient (Wildman–Crippen LogP) is 3.85. The molecule has 2 aliphatic carbocycles. The van der Waals surface area contributed by atoms with Gasteiger partial charge in [-0.25, -0.2) is 4.98 Å². The van der Waals surface area contributed by atoms with E-state index in [1.165, 1.54) is 29.7 Å². The summed E-state index contributed by atoms with van der Waals surface area (Å²) >= 11 is 5.52. The first-order valence-electron chi connectivity index (χ1n) is 12.0. The largest absolute Gasteiger partial charge is 0.362 e. The number of rotatable bonds is 7. The summed E-state index contributed by atoms with van der Waals surface area (Å²) in [6.45, 7) is 0.858. The van der Waals surface area contributed by atoms with E-state index >= 15 is 0 Å². The number of aromatic nitrogens is 2. The van der Waals surface area contributed by atoms with E-state index in [9.17, 15) is 0 Å². The smallest absolute Gasteiger partial charge is 0.225 e. The third-order valence-electron chi connectivity index (χ3n) is 6.52. The Morgan fingerprint density at radius 1 is 1.00 bits per heavy atom. The van der Waals surface area contributed by atoms with Gasteiger partial charge in [0.15, 0.2) is 5.11 Å². The minimum Gasteiger partial charge on any atom is -0.362 e. The van der Waals surface area contributed by atoms with Gasteiger partial charge in [-0.05, 0) is 75.6 Å². The Balaban J connectivity index is 1.23. The van der Waals surface area contributed by atoms with Crippen LogP contribution < -0.4 is 20.9 Å². The van der Waals surface area contributed by atoms with E-state index in [0.717, 1.165) is 68.4 Å². The molecule has 0 aliphatic heterocycles. The van der Waals surface area contributed by atoms with E-state index in [0.29, 0.717) is 12.1 Å². The molecule has 1 aromatic heterocycles. The Morgan fingerprint density at radius 3 is 2.47 bits per heavy atom. The second-order valence-electron chi connectivity index (χ2n) is 9.23. The van der Waals surface area contributed by atoms with Crippen LogP contribution in [0.2, 0.25) is 0 Å². The number of benzene rings is 1. The first kappa shape index (κ1) is 22.8. The molecule has 0 radical (unpaired) electrons. The number of aryl methyl sites for hydroxylation is 1. The van der Waals surface area contributed by atoms with Gasteiger partial charge in [0.1, 0.15) is 5.82 Å². The van der Waals surface area contributed by atoms with Gasteiger partial charge in [-0.1, -0.05) is 30.3 Å². The average Bonchev–Trinajstić information content (AvgIpc) is 2.80. The summed E-state index contributed by atoms with van der Waals surface area (Å²) in [5.74, 6) is 1.88. The molecule has 0 unspecified atom stereocenters. The van der Waals surface area contributed by atoms with Gasteiger partial charge in [0, 0.05) is 38.3 Å². The number of hydrogen-bond donors (Lipinski definition) is 3. The lowest BCUT2D eigenvalue weighted by atomic mass is 9.91. The normalized spacial score (nSPS) is 20.2. The van der Waals surface area contributed by atoms with Crippen LogP contribution in [0.25, 0.3) is 0 Å². The molecule has 1 saturated carbocycles. The fraction of sp³-hybridized carbons (Fsp3) is 0.560. The van der Waals surface area contributed by atoms with Crippen LogP contribution in [-0.2, 0) is 19.3 Å². The van der Waals surface area contributed by atoms with Crippen molar-refractivity contribution >= 4 is 29.1 Å². The van der Waals surface area contributed by atoms with Crippen LogP contribution in [0.15, 0.2) is 30.3 Å². The summed E-state index contributed by atoms with van der Waals surface area (Å²) in [7, 11) is 4.16. The van der Waals surface area contributed by atoms with Crippen LogP contribution in [0.4, 0.5) is 11.8 Å². The zero-order valence-electron chi connectivity index (χ0n) is 19.4. The van der Waals surface area contributed by atoms with Crippen molar-refractivity contribution in [2.24, 2.45) is 0 Å². The van der Waals surface area contributed by atoms with Gasteiger partial charge in [0.05, 0.1) is 5.69 Å². The molecule has 7 heteroatoms. The lowest BCUT2D eigenvalue weighted by molar-refractivity contribution is 0.385. The fourth-order valence-corrected chi connectivity index (χ4v) is 5.04. The van der Waals surface area contributed by atoms with Crippen LogP contribution >= 0.6 is 12.2 Å². The molecule has 2 aromatic rings. The molecular formula is C25H36N6S. The van der Waals surface area contributed by atoms with Crippen LogP contribution in [0, 0.1) is 0 Å². The summed E-state index contributed by atoms with van der Waals surface area (Å²) in [6.07, 6.45) is 10.0. The van der Waals surface area contributed by atoms with Crippen LogP contribution in [0.1, 0.15) is 55.3 Å². The van der Waals surface area contributed by atoms with Gasteiger partial charge in [0.25, 0.3) is 0 Å².